The maximum atomic E-state index is 6.38. The van der Waals surface area contributed by atoms with Crippen LogP contribution in [0.2, 0.25) is 0 Å². The molecule has 134 valence electrons. The number of para-hydroxylation sites is 2. The highest BCUT2D eigenvalue weighted by molar-refractivity contribution is 8.13. The summed E-state index contributed by atoms with van der Waals surface area (Å²) in [5.74, 6) is 0.780. The molecule has 0 fully saturated rings. The normalized spacial score (nSPS) is 26.3. The van der Waals surface area contributed by atoms with Crippen molar-refractivity contribution in [3.05, 3.63) is 71.2 Å². The van der Waals surface area contributed by atoms with E-state index in [2.05, 4.69) is 55.2 Å². The lowest BCUT2D eigenvalue weighted by molar-refractivity contribution is 0.507. The Morgan fingerprint density at radius 2 is 1.65 bits per heavy atom. The summed E-state index contributed by atoms with van der Waals surface area (Å²) in [5.41, 5.74) is 3.52. The third-order valence-electron chi connectivity index (χ3n) is 5.11. The molecular weight excluding hydrogens is 361 g/mol. The predicted octanol–water partition coefficient (Wildman–Crippen LogP) is 4.95. The van der Waals surface area contributed by atoms with E-state index in [1.807, 2.05) is 48.4 Å². The quantitative estimate of drug-likeness (QED) is 0.687. The summed E-state index contributed by atoms with van der Waals surface area (Å²) in [6, 6.07) is 18.3. The zero-order valence-electron chi connectivity index (χ0n) is 15.4. The van der Waals surface area contributed by atoms with Gasteiger partial charge >= 0.3 is 0 Å². The van der Waals surface area contributed by atoms with E-state index in [0.29, 0.717) is 0 Å². The van der Waals surface area contributed by atoms with E-state index >= 15 is 0 Å². The first-order chi connectivity index (χ1) is 12.4. The Bertz CT molecular complexity index is 968. The van der Waals surface area contributed by atoms with E-state index < -0.39 is 6.42 Å². The van der Waals surface area contributed by atoms with Crippen molar-refractivity contribution in [1.29, 1.82) is 0 Å². The van der Waals surface area contributed by atoms with Crippen molar-refractivity contribution in [2.75, 3.05) is 19.0 Å². The van der Waals surface area contributed by atoms with Crippen LogP contribution in [-0.2, 0) is 17.2 Å². The Morgan fingerprint density at radius 3 is 2.35 bits per heavy atom. The fraction of sp³-hybridized carbons (Fsp3) is 0.250. The number of nitrogens with zero attached hydrogens (tertiary/aromatic N) is 3. The van der Waals surface area contributed by atoms with Crippen LogP contribution in [0.5, 0.6) is 5.75 Å². The summed E-state index contributed by atoms with van der Waals surface area (Å²) < 4.78 is 8.21. The molecule has 0 spiro atoms. The Hall–Kier alpha value is -2.10. The molecule has 2 aromatic carbocycles. The van der Waals surface area contributed by atoms with Crippen LogP contribution in [0.1, 0.15) is 19.4 Å². The van der Waals surface area contributed by atoms with Gasteiger partial charge in [0.2, 0.25) is 0 Å². The topological polar surface area (TPSA) is 28.1 Å². The highest BCUT2D eigenvalue weighted by atomic mass is 32.4. The van der Waals surface area contributed by atoms with Crippen LogP contribution in [0.3, 0.4) is 0 Å². The third kappa shape index (κ3) is 2.42. The van der Waals surface area contributed by atoms with Gasteiger partial charge in [0.25, 0.3) is 6.42 Å². The largest absolute Gasteiger partial charge is 0.444 e. The SMILES string of the molecule is CN1/C(=C2/C=NN(C)P2(=S)Oc2ccccc2)C(C)(C)c2ccccc21. The summed E-state index contributed by atoms with van der Waals surface area (Å²) >= 11 is 6.10. The molecule has 6 heteroatoms. The minimum Gasteiger partial charge on any atom is -0.444 e. The highest BCUT2D eigenvalue weighted by Gasteiger charge is 2.46. The molecule has 0 aromatic heterocycles. The monoisotopic (exact) mass is 383 g/mol. The van der Waals surface area contributed by atoms with Crippen LogP contribution < -0.4 is 9.42 Å². The molecular formula is C20H22N3OPS. The molecule has 26 heavy (non-hydrogen) atoms. The van der Waals surface area contributed by atoms with E-state index in [1.165, 1.54) is 16.9 Å². The summed E-state index contributed by atoms with van der Waals surface area (Å²) in [4.78, 5) is 2.24. The molecule has 2 heterocycles. The third-order valence-corrected chi connectivity index (χ3v) is 8.90. The zero-order chi connectivity index (χ0) is 18.5. The van der Waals surface area contributed by atoms with Crippen LogP contribution in [0.25, 0.3) is 0 Å². The van der Waals surface area contributed by atoms with Crippen molar-refractivity contribution < 1.29 is 4.52 Å². The maximum absolute atomic E-state index is 6.38. The average Bonchev–Trinajstić information content (AvgIpc) is 3.01. The molecule has 4 rings (SSSR count). The van der Waals surface area contributed by atoms with E-state index in [0.717, 1.165) is 11.1 Å². The maximum Gasteiger partial charge on any atom is 0.253 e. The van der Waals surface area contributed by atoms with Crippen LogP contribution in [0.4, 0.5) is 5.69 Å². The van der Waals surface area contributed by atoms with Crippen molar-refractivity contribution in [2.24, 2.45) is 5.10 Å². The van der Waals surface area contributed by atoms with Crippen molar-refractivity contribution >= 4 is 30.1 Å². The van der Waals surface area contributed by atoms with Crippen LogP contribution in [0, 0.1) is 0 Å². The van der Waals surface area contributed by atoms with Gasteiger partial charge in [-0.2, -0.15) is 5.10 Å². The van der Waals surface area contributed by atoms with Crippen molar-refractivity contribution in [3.8, 4) is 5.75 Å². The smallest absolute Gasteiger partial charge is 0.253 e. The first-order valence-corrected chi connectivity index (χ1v) is 11.2. The van der Waals surface area contributed by atoms with Gasteiger partial charge in [0.05, 0.1) is 11.5 Å². The van der Waals surface area contributed by atoms with E-state index in [9.17, 15) is 0 Å². The van der Waals surface area contributed by atoms with Gasteiger partial charge in [-0.1, -0.05) is 50.2 Å². The number of hydrogen-bond acceptors (Lipinski definition) is 4. The molecule has 2 aliphatic rings. The van der Waals surface area contributed by atoms with Crippen LogP contribution in [0.15, 0.2) is 70.7 Å². The lowest BCUT2D eigenvalue weighted by Crippen LogP contribution is -2.26. The molecule has 2 aliphatic heterocycles. The number of benzene rings is 2. The van der Waals surface area contributed by atoms with Crippen molar-refractivity contribution in [2.45, 2.75) is 19.3 Å². The molecule has 4 nitrogen and oxygen atoms in total. The van der Waals surface area contributed by atoms with E-state index in [4.69, 9.17) is 16.3 Å². The Labute approximate surface area is 159 Å². The number of fused-ring (bicyclic) bond motifs is 1. The second-order valence-corrected chi connectivity index (χ2v) is 10.9. The minimum atomic E-state index is -2.51. The van der Waals surface area contributed by atoms with E-state index in [1.54, 1.807) is 0 Å². The second-order valence-electron chi connectivity index (χ2n) is 7.09. The van der Waals surface area contributed by atoms with Crippen LogP contribution >= 0.6 is 6.42 Å². The molecule has 0 aliphatic carbocycles. The number of likely N-dealkylation sites (N-methyl/N-ethyl adjacent to an activating group) is 1. The number of anilines is 1. The summed E-state index contributed by atoms with van der Waals surface area (Å²) in [5, 5.41) is 5.53. The number of hydrogen-bond donors (Lipinski definition) is 0. The average molecular weight is 383 g/mol. The highest BCUT2D eigenvalue weighted by Crippen LogP contribution is 2.64. The molecule has 0 saturated heterocycles. The molecule has 1 unspecified atom stereocenters. The van der Waals surface area contributed by atoms with Gasteiger partial charge in [-0.15, -0.1) is 0 Å². The van der Waals surface area contributed by atoms with E-state index in [-0.39, 0.29) is 5.41 Å². The standard InChI is InChI=1S/C20H22N3OPS/c1-20(2)16-12-8-9-13-17(16)22(3)19(20)18-14-21-23(4)25(18,26)24-15-10-6-5-7-11-15/h5-14H,1-4H3/b19-18-. The lowest BCUT2D eigenvalue weighted by atomic mass is 9.84. The molecule has 0 N–H and O–H groups in total. The fourth-order valence-corrected chi connectivity index (χ4v) is 6.62. The van der Waals surface area contributed by atoms with Gasteiger partial charge in [-0.25, -0.2) is 4.78 Å². The van der Waals surface area contributed by atoms with Gasteiger partial charge in [-0.3, -0.25) is 0 Å². The van der Waals surface area contributed by atoms with Gasteiger partial charge < -0.3 is 9.42 Å². The van der Waals surface area contributed by atoms with Crippen molar-refractivity contribution in [3.63, 3.8) is 0 Å². The predicted molar refractivity (Wildman–Crippen MR) is 113 cm³/mol. The van der Waals surface area contributed by atoms with Gasteiger partial charge in [0.1, 0.15) is 5.75 Å². The van der Waals surface area contributed by atoms with Crippen LogP contribution in [-0.4, -0.2) is 25.1 Å². The summed E-state index contributed by atoms with van der Waals surface area (Å²) in [7, 11) is 4.01. The number of allylic oxidation sites excluding steroid dienone is 2. The Kier molecular flexibility index (Phi) is 3.98. The Balaban J connectivity index is 1.88. The summed E-state index contributed by atoms with van der Waals surface area (Å²) in [6.45, 7) is 4.48. The molecule has 0 radical (unpaired) electrons. The molecule has 0 saturated carbocycles. The lowest BCUT2D eigenvalue weighted by Gasteiger charge is -2.31. The van der Waals surface area contributed by atoms with Gasteiger partial charge in [0, 0.05) is 30.9 Å². The number of hydrazone groups is 1. The first kappa shape index (κ1) is 17.3. The van der Waals surface area contributed by atoms with Crippen molar-refractivity contribution in [1.82, 2.24) is 4.78 Å². The Morgan fingerprint density at radius 1 is 1.00 bits per heavy atom. The molecule has 1 atom stereocenters. The zero-order valence-corrected chi connectivity index (χ0v) is 17.1. The molecule has 0 amide bonds. The fourth-order valence-electron chi connectivity index (χ4n) is 3.82. The molecule has 0 bridgehead atoms. The van der Waals surface area contributed by atoms with Gasteiger partial charge in [0.15, 0.2) is 0 Å². The number of rotatable bonds is 2. The first-order valence-electron chi connectivity index (χ1n) is 8.57. The minimum absolute atomic E-state index is 0.165. The molecule has 2 aromatic rings. The summed E-state index contributed by atoms with van der Waals surface area (Å²) in [6.07, 6.45) is -0.614. The second kappa shape index (κ2) is 5.97. The van der Waals surface area contributed by atoms with Gasteiger partial charge in [-0.05, 0) is 35.6 Å².